The first-order chi connectivity index (χ1) is 11.1. The Labute approximate surface area is 137 Å². The summed E-state index contributed by atoms with van der Waals surface area (Å²) in [6.07, 6.45) is 3.64. The molecule has 3 rings (SSSR count). The third-order valence-electron chi connectivity index (χ3n) is 3.72. The predicted octanol–water partition coefficient (Wildman–Crippen LogP) is 2.34. The maximum absolute atomic E-state index is 13.6. The SMILES string of the molecule is O=C(NCCn1cnc(C2CC2)cc1=O)c1c(F)cccc1Cl. The molecule has 0 unspecified atom stereocenters. The lowest BCUT2D eigenvalue weighted by atomic mass is 10.2. The zero-order valence-corrected chi connectivity index (χ0v) is 13.0. The first-order valence-electron chi connectivity index (χ1n) is 7.35. The van der Waals surface area contributed by atoms with E-state index in [9.17, 15) is 14.0 Å². The van der Waals surface area contributed by atoms with Crippen molar-refractivity contribution in [1.29, 1.82) is 0 Å². The van der Waals surface area contributed by atoms with Gasteiger partial charge in [-0.15, -0.1) is 0 Å². The Bertz CT molecular complexity index is 782. The molecule has 1 N–H and O–H groups in total. The number of nitrogens with one attached hydrogen (secondary N) is 1. The molecule has 0 aliphatic heterocycles. The van der Waals surface area contributed by atoms with Crippen LogP contribution in [0.2, 0.25) is 5.02 Å². The number of halogens is 2. The van der Waals surface area contributed by atoms with Crippen molar-refractivity contribution in [3.63, 3.8) is 0 Å². The Morgan fingerprint density at radius 2 is 2.22 bits per heavy atom. The topological polar surface area (TPSA) is 64.0 Å². The zero-order chi connectivity index (χ0) is 16.4. The summed E-state index contributed by atoms with van der Waals surface area (Å²) in [4.78, 5) is 28.2. The molecule has 1 fully saturated rings. The van der Waals surface area contributed by atoms with Gasteiger partial charge in [-0.2, -0.15) is 0 Å². The summed E-state index contributed by atoms with van der Waals surface area (Å²) in [5.41, 5.74) is 0.484. The van der Waals surface area contributed by atoms with Gasteiger partial charge < -0.3 is 5.32 Å². The minimum Gasteiger partial charge on any atom is -0.350 e. The normalized spacial score (nSPS) is 13.8. The van der Waals surface area contributed by atoms with E-state index in [1.807, 2.05) is 0 Å². The van der Waals surface area contributed by atoms with Gasteiger partial charge in [0.25, 0.3) is 11.5 Å². The van der Waals surface area contributed by atoms with Gasteiger partial charge in [0.05, 0.1) is 22.6 Å². The fraction of sp³-hybridized carbons (Fsp3) is 0.312. The Morgan fingerprint density at radius 3 is 2.87 bits per heavy atom. The van der Waals surface area contributed by atoms with Gasteiger partial charge in [0.1, 0.15) is 5.82 Å². The van der Waals surface area contributed by atoms with Crippen LogP contribution in [0.4, 0.5) is 4.39 Å². The van der Waals surface area contributed by atoms with Crippen LogP contribution in [-0.4, -0.2) is 22.0 Å². The molecule has 1 heterocycles. The van der Waals surface area contributed by atoms with E-state index >= 15 is 0 Å². The van der Waals surface area contributed by atoms with Gasteiger partial charge in [-0.05, 0) is 25.0 Å². The van der Waals surface area contributed by atoms with Gasteiger partial charge in [-0.3, -0.25) is 14.2 Å². The summed E-state index contributed by atoms with van der Waals surface area (Å²) in [5.74, 6) is -0.869. The highest BCUT2D eigenvalue weighted by molar-refractivity contribution is 6.33. The van der Waals surface area contributed by atoms with Gasteiger partial charge in [0, 0.05) is 25.1 Å². The fourth-order valence-corrected chi connectivity index (χ4v) is 2.55. The van der Waals surface area contributed by atoms with Crippen LogP contribution in [0.3, 0.4) is 0 Å². The summed E-state index contributed by atoms with van der Waals surface area (Å²) in [5, 5.41) is 2.61. The van der Waals surface area contributed by atoms with E-state index in [-0.39, 0.29) is 29.2 Å². The van der Waals surface area contributed by atoms with Crippen LogP contribution < -0.4 is 10.9 Å². The first kappa shape index (κ1) is 15.7. The van der Waals surface area contributed by atoms with Gasteiger partial charge >= 0.3 is 0 Å². The molecule has 1 aliphatic rings. The van der Waals surface area contributed by atoms with Crippen molar-refractivity contribution in [2.75, 3.05) is 6.54 Å². The number of amides is 1. The monoisotopic (exact) mass is 335 g/mol. The number of aromatic nitrogens is 2. The number of rotatable bonds is 5. The van der Waals surface area contributed by atoms with Crippen LogP contribution in [-0.2, 0) is 6.54 Å². The third-order valence-corrected chi connectivity index (χ3v) is 4.04. The fourth-order valence-electron chi connectivity index (χ4n) is 2.30. The van der Waals surface area contributed by atoms with Crippen molar-refractivity contribution >= 4 is 17.5 Å². The van der Waals surface area contributed by atoms with Crippen LogP contribution >= 0.6 is 11.6 Å². The molecule has 0 atom stereocenters. The minimum absolute atomic E-state index is 0.0510. The number of benzene rings is 1. The first-order valence-corrected chi connectivity index (χ1v) is 7.72. The van der Waals surface area contributed by atoms with E-state index in [4.69, 9.17) is 11.6 Å². The second-order valence-corrected chi connectivity index (χ2v) is 5.88. The molecule has 1 aromatic carbocycles. The van der Waals surface area contributed by atoms with E-state index in [0.717, 1.165) is 18.5 Å². The van der Waals surface area contributed by atoms with Gasteiger partial charge in [-0.1, -0.05) is 17.7 Å². The number of hydrogen-bond donors (Lipinski definition) is 1. The van der Waals surface area contributed by atoms with E-state index in [0.29, 0.717) is 5.92 Å². The minimum atomic E-state index is -0.678. The Balaban J connectivity index is 1.61. The van der Waals surface area contributed by atoms with E-state index in [2.05, 4.69) is 10.3 Å². The maximum atomic E-state index is 13.6. The van der Waals surface area contributed by atoms with Crippen molar-refractivity contribution in [2.45, 2.75) is 25.3 Å². The van der Waals surface area contributed by atoms with E-state index in [1.165, 1.54) is 35.2 Å². The average Bonchev–Trinajstić information content (AvgIpc) is 3.33. The third kappa shape index (κ3) is 3.59. The smallest absolute Gasteiger partial charge is 0.255 e. The molecule has 0 spiro atoms. The highest BCUT2D eigenvalue weighted by Crippen LogP contribution is 2.38. The maximum Gasteiger partial charge on any atom is 0.255 e. The van der Waals surface area contributed by atoms with Crippen molar-refractivity contribution in [3.05, 3.63) is 63.0 Å². The van der Waals surface area contributed by atoms with Crippen molar-refractivity contribution in [3.8, 4) is 0 Å². The summed E-state index contributed by atoms with van der Waals surface area (Å²) in [7, 11) is 0. The molecule has 120 valence electrons. The summed E-state index contributed by atoms with van der Waals surface area (Å²) < 4.78 is 15.0. The molecule has 5 nitrogen and oxygen atoms in total. The Hall–Kier alpha value is -2.21. The number of carbonyl (C=O) groups is 1. The molecule has 2 aromatic rings. The second-order valence-electron chi connectivity index (χ2n) is 5.47. The van der Waals surface area contributed by atoms with Crippen LogP contribution in [0.25, 0.3) is 0 Å². The molecule has 1 saturated carbocycles. The van der Waals surface area contributed by atoms with Gasteiger partial charge in [0.15, 0.2) is 0 Å². The Kier molecular flexibility index (Phi) is 4.43. The second kappa shape index (κ2) is 6.50. The Morgan fingerprint density at radius 1 is 1.43 bits per heavy atom. The van der Waals surface area contributed by atoms with Gasteiger partial charge in [-0.25, -0.2) is 9.37 Å². The zero-order valence-electron chi connectivity index (χ0n) is 12.3. The van der Waals surface area contributed by atoms with Crippen molar-refractivity contribution in [2.24, 2.45) is 0 Å². The van der Waals surface area contributed by atoms with Gasteiger partial charge in [0.2, 0.25) is 0 Å². The van der Waals surface area contributed by atoms with Crippen LogP contribution in [0.5, 0.6) is 0 Å². The van der Waals surface area contributed by atoms with Crippen LogP contribution in [0, 0.1) is 5.82 Å². The quantitative estimate of drug-likeness (QED) is 0.912. The lowest BCUT2D eigenvalue weighted by molar-refractivity contribution is 0.0948. The van der Waals surface area contributed by atoms with Crippen molar-refractivity contribution in [1.82, 2.24) is 14.9 Å². The number of nitrogens with zero attached hydrogens (tertiary/aromatic N) is 2. The lowest BCUT2D eigenvalue weighted by Gasteiger charge is -2.09. The molecule has 1 aliphatic carbocycles. The summed E-state index contributed by atoms with van der Waals surface area (Å²) in [6.45, 7) is 0.433. The molecule has 1 amide bonds. The summed E-state index contributed by atoms with van der Waals surface area (Å²) >= 11 is 5.83. The number of carbonyl (C=O) groups excluding carboxylic acids is 1. The van der Waals surface area contributed by atoms with E-state index < -0.39 is 11.7 Å². The molecule has 23 heavy (non-hydrogen) atoms. The van der Waals surface area contributed by atoms with Crippen LogP contribution in [0.15, 0.2) is 35.4 Å². The number of hydrogen-bond acceptors (Lipinski definition) is 3. The largest absolute Gasteiger partial charge is 0.350 e. The molecular formula is C16H15ClFN3O2. The molecular weight excluding hydrogens is 321 g/mol. The van der Waals surface area contributed by atoms with Crippen LogP contribution in [0.1, 0.15) is 34.8 Å². The highest BCUT2D eigenvalue weighted by atomic mass is 35.5. The van der Waals surface area contributed by atoms with Crippen molar-refractivity contribution < 1.29 is 9.18 Å². The molecule has 0 bridgehead atoms. The summed E-state index contributed by atoms with van der Waals surface area (Å²) in [6, 6.07) is 5.59. The molecule has 0 radical (unpaired) electrons. The van der Waals surface area contributed by atoms with E-state index in [1.54, 1.807) is 0 Å². The predicted molar refractivity (Wildman–Crippen MR) is 84.2 cm³/mol. The molecule has 7 heteroatoms. The highest BCUT2D eigenvalue weighted by Gasteiger charge is 2.25. The standard InChI is InChI=1S/C16H15ClFN3O2/c17-11-2-1-3-12(18)15(11)16(23)19-6-7-21-9-20-13(8-14(21)22)10-4-5-10/h1-3,8-10H,4-7H2,(H,19,23). The average molecular weight is 336 g/mol. The molecule has 1 aromatic heterocycles. The lowest BCUT2D eigenvalue weighted by Crippen LogP contribution is -2.31. The molecule has 0 saturated heterocycles.